The number of nitrogens with zero attached hydrogens (tertiary/aromatic N) is 3. The highest BCUT2D eigenvalue weighted by Crippen LogP contribution is 2.27. The summed E-state index contributed by atoms with van der Waals surface area (Å²) in [5.41, 5.74) is 7.32. The summed E-state index contributed by atoms with van der Waals surface area (Å²) < 4.78 is 15.7. The molecule has 1 aromatic heterocycles. The van der Waals surface area contributed by atoms with Gasteiger partial charge < -0.3 is 24.8 Å². The van der Waals surface area contributed by atoms with Crippen LogP contribution in [0.2, 0.25) is 0 Å². The third-order valence-electron chi connectivity index (χ3n) is 4.84. The highest BCUT2D eigenvalue weighted by molar-refractivity contribution is 5.94. The Kier molecular flexibility index (Phi) is 7.63. The zero-order valence-corrected chi connectivity index (χ0v) is 18.4. The van der Waals surface area contributed by atoms with Crippen LogP contribution in [-0.2, 0) is 14.3 Å². The van der Waals surface area contributed by atoms with Crippen LogP contribution in [0.4, 0.5) is 5.69 Å². The van der Waals surface area contributed by atoms with E-state index in [1.165, 1.54) is 0 Å². The summed E-state index contributed by atoms with van der Waals surface area (Å²) in [4.78, 5) is 34.8. The molecule has 3 rings (SSSR count). The molecule has 9 heteroatoms. The normalized spacial score (nSPS) is 15.3. The number of benzene rings is 1. The molecule has 1 unspecified atom stereocenters. The van der Waals surface area contributed by atoms with Gasteiger partial charge in [-0.05, 0) is 25.5 Å². The largest absolute Gasteiger partial charge is 0.474 e. The van der Waals surface area contributed by atoms with Gasteiger partial charge in [0.25, 0.3) is 0 Å². The first kappa shape index (κ1) is 23.0. The number of likely N-dealkylation sites (tertiary alicyclic amines) is 1. The van der Waals surface area contributed by atoms with E-state index in [1.54, 1.807) is 44.2 Å². The van der Waals surface area contributed by atoms with Gasteiger partial charge in [0.15, 0.2) is 11.5 Å². The Morgan fingerprint density at radius 1 is 1.31 bits per heavy atom. The van der Waals surface area contributed by atoms with E-state index in [1.807, 2.05) is 6.07 Å². The number of nitrogens with two attached hydrogens (primary N) is 1. The van der Waals surface area contributed by atoms with Crippen molar-refractivity contribution in [2.75, 3.05) is 46.3 Å². The van der Waals surface area contributed by atoms with E-state index in [4.69, 9.17) is 19.9 Å². The Hall–Kier alpha value is -3.64. The number of ether oxygens (including phenoxy) is 3. The number of rotatable bonds is 7. The van der Waals surface area contributed by atoms with Gasteiger partial charge >= 0.3 is 5.97 Å². The van der Waals surface area contributed by atoms with Crippen LogP contribution in [0.15, 0.2) is 24.3 Å². The zero-order valence-electron chi connectivity index (χ0n) is 18.4. The van der Waals surface area contributed by atoms with Crippen LogP contribution in [0.3, 0.4) is 0 Å². The molecule has 0 bridgehead atoms. The Morgan fingerprint density at radius 2 is 2.12 bits per heavy atom. The van der Waals surface area contributed by atoms with E-state index >= 15 is 0 Å². The molecule has 32 heavy (non-hydrogen) atoms. The summed E-state index contributed by atoms with van der Waals surface area (Å²) in [6, 6.07) is 7.21. The summed E-state index contributed by atoms with van der Waals surface area (Å²) in [5.74, 6) is 5.49. The first-order valence-corrected chi connectivity index (χ1v) is 10.3. The molecule has 0 radical (unpaired) electrons. The summed E-state index contributed by atoms with van der Waals surface area (Å²) in [7, 11) is 3.32. The number of methoxy groups -OCH3 is 1. The molecule has 2 heterocycles. The van der Waals surface area contributed by atoms with E-state index in [0.29, 0.717) is 30.7 Å². The lowest BCUT2D eigenvalue weighted by Gasteiger charge is -2.12. The first-order valence-electron chi connectivity index (χ1n) is 10.3. The quantitative estimate of drug-likeness (QED) is 0.395. The molecule has 9 nitrogen and oxygen atoms in total. The second-order valence-electron chi connectivity index (χ2n) is 7.13. The lowest BCUT2D eigenvalue weighted by Crippen LogP contribution is -2.21. The maximum atomic E-state index is 12.4. The molecule has 168 valence electrons. The van der Waals surface area contributed by atoms with E-state index < -0.39 is 5.97 Å². The maximum absolute atomic E-state index is 12.4. The molecule has 1 amide bonds. The molecule has 0 saturated carbocycles. The molecular formula is C23H26N4O5. The second kappa shape index (κ2) is 10.6. The molecular weight excluding hydrogens is 412 g/mol. The standard InChI is InChI=1S/C23H26N4O5/c1-4-31-23(29)19-18(24)21(32-13-12-30-3)26-20(25-19)17-7-5-6-15(14-17)8-9-16-10-11-27(2)22(16)28/h5-7,14,16H,4,10-13,24H2,1-3H3. The summed E-state index contributed by atoms with van der Waals surface area (Å²) in [5, 5.41) is 0. The molecule has 1 fully saturated rings. The van der Waals surface area contributed by atoms with Crippen LogP contribution in [0.5, 0.6) is 5.88 Å². The van der Waals surface area contributed by atoms with Crippen molar-refractivity contribution in [2.45, 2.75) is 13.3 Å². The van der Waals surface area contributed by atoms with Crippen LogP contribution < -0.4 is 10.5 Å². The van der Waals surface area contributed by atoms with Gasteiger partial charge in [0.1, 0.15) is 18.2 Å². The van der Waals surface area contributed by atoms with Crippen LogP contribution in [0.25, 0.3) is 11.4 Å². The number of hydrogen-bond acceptors (Lipinski definition) is 8. The third kappa shape index (κ3) is 5.34. The molecule has 0 aliphatic carbocycles. The van der Waals surface area contributed by atoms with Crippen molar-refractivity contribution in [3.05, 3.63) is 35.5 Å². The smallest absolute Gasteiger partial charge is 0.359 e. The lowest BCUT2D eigenvalue weighted by molar-refractivity contribution is -0.128. The molecule has 1 atom stereocenters. The second-order valence-corrected chi connectivity index (χ2v) is 7.13. The Morgan fingerprint density at radius 3 is 2.81 bits per heavy atom. The monoisotopic (exact) mass is 438 g/mol. The van der Waals surface area contributed by atoms with E-state index in [9.17, 15) is 9.59 Å². The van der Waals surface area contributed by atoms with Gasteiger partial charge in [-0.1, -0.05) is 24.0 Å². The Labute approximate surface area is 186 Å². The van der Waals surface area contributed by atoms with Gasteiger partial charge in [-0.2, -0.15) is 4.98 Å². The molecule has 1 aromatic carbocycles. The fraction of sp³-hybridized carbons (Fsp3) is 0.391. The topological polar surface area (TPSA) is 117 Å². The van der Waals surface area contributed by atoms with Gasteiger partial charge in [-0.15, -0.1) is 0 Å². The van der Waals surface area contributed by atoms with Crippen molar-refractivity contribution in [1.29, 1.82) is 0 Å². The molecule has 1 saturated heterocycles. The summed E-state index contributed by atoms with van der Waals surface area (Å²) in [6.07, 6.45) is 0.716. The van der Waals surface area contributed by atoms with E-state index in [0.717, 1.165) is 0 Å². The number of nitrogen functional groups attached to an aromatic ring is 1. The zero-order chi connectivity index (χ0) is 23.1. The first-order chi connectivity index (χ1) is 15.4. The van der Waals surface area contributed by atoms with E-state index in [-0.39, 0.29) is 48.1 Å². The molecule has 1 aliphatic heterocycles. The van der Waals surface area contributed by atoms with Crippen molar-refractivity contribution in [2.24, 2.45) is 5.92 Å². The SMILES string of the molecule is CCOC(=O)c1nc(-c2cccc(C#CC3CCN(C)C3=O)c2)nc(OCCOC)c1N. The average molecular weight is 438 g/mol. The van der Waals surface area contributed by atoms with Crippen molar-refractivity contribution in [3.8, 4) is 29.1 Å². The van der Waals surface area contributed by atoms with Gasteiger partial charge in [-0.25, -0.2) is 9.78 Å². The Bertz CT molecular complexity index is 1060. The fourth-order valence-corrected chi connectivity index (χ4v) is 3.13. The van der Waals surface area contributed by atoms with Gasteiger partial charge in [0, 0.05) is 31.8 Å². The predicted octanol–water partition coefficient (Wildman–Crippen LogP) is 1.76. The van der Waals surface area contributed by atoms with Crippen molar-refractivity contribution < 1.29 is 23.8 Å². The highest BCUT2D eigenvalue weighted by atomic mass is 16.5. The highest BCUT2D eigenvalue weighted by Gasteiger charge is 2.27. The number of hydrogen-bond donors (Lipinski definition) is 1. The molecule has 0 spiro atoms. The molecule has 1 aliphatic rings. The van der Waals surface area contributed by atoms with Crippen molar-refractivity contribution in [3.63, 3.8) is 0 Å². The van der Waals surface area contributed by atoms with Crippen molar-refractivity contribution in [1.82, 2.24) is 14.9 Å². The number of anilines is 1. The summed E-state index contributed by atoms with van der Waals surface area (Å²) >= 11 is 0. The van der Waals surface area contributed by atoms with Gasteiger partial charge in [0.05, 0.1) is 13.2 Å². The summed E-state index contributed by atoms with van der Waals surface area (Å²) in [6.45, 7) is 3.11. The lowest BCUT2D eigenvalue weighted by atomic mass is 10.1. The van der Waals surface area contributed by atoms with Gasteiger partial charge in [-0.3, -0.25) is 4.79 Å². The fourth-order valence-electron chi connectivity index (χ4n) is 3.13. The van der Waals surface area contributed by atoms with E-state index in [2.05, 4.69) is 21.8 Å². The van der Waals surface area contributed by atoms with Crippen LogP contribution in [0.1, 0.15) is 29.4 Å². The van der Waals surface area contributed by atoms with Gasteiger partial charge in [0.2, 0.25) is 11.8 Å². The minimum atomic E-state index is -0.662. The number of carbonyl (C=O) groups excluding carboxylic acids is 2. The molecule has 2 aromatic rings. The van der Waals surface area contributed by atoms with Crippen molar-refractivity contribution >= 4 is 17.6 Å². The number of esters is 1. The number of amides is 1. The predicted molar refractivity (Wildman–Crippen MR) is 118 cm³/mol. The maximum Gasteiger partial charge on any atom is 0.359 e. The van der Waals surface area contributed by atoms with Crippen LogP contribution in [-0.4, -0.2) is 67.3 Å². The minimum absolute atomic E-state index is 0.00288. The molecule has 2 N–H and O–H groups in total. The third-order valence-corrected chi connectivity index (χ3v) is 4.84. The van der Waals surface area contributed by atoms with Crippen LogP contribution >= 0.6 is 0 Å². The average Bonchev–Trinajstić information content (AvgIpc) is 3.11. The van der Waals surface area contributed by atoms with Crippen LogP contribution in [0, 0.1) is 17.8 Å². The number of carbonyl (C=O) groups is 2. The number of aromatic nitrogens is 2. The Balaban J connectivity index is 1.95. The minimum Gasteiger partial charge on any atom is -0.474 e.